The average molecular weight is 228 g/mol. The van der Waals surface area contributed by atoms with Crippen molar-refractivity contribution in [2.24, 2.45) is 11.8 Å². The molecule has 0 N–H and O–H groups in total. The van der Waals surface area contributed by atoms with Gasteiger partial charge in [0.05, 0.1) is 5.92 Å². The predicted molar refractivity (Wildman–Crippen MR) is 68.3 cm³/mol. The highest BCUT2D eigenvalue weighted by Gasteiger charge is 2.36. The molecule has 0 bridgehead atoms. The largest absolute Gasteiger partial charge is 0.459 e. The second-order valence-corrected chi connectivity index (χ2v) is 4.81. The topological polar surface area (TPSA) is 26.3 Å². The molecule has 2 nitrogen and oxygen atoms in total. The van der Waals surface area contributed by atoms with Crippen molar-refractivity contribution in [1.82, 2.24) is 0 Å². The van der Waals surface area contributed by atoms with Crippen LogP contribution in [0.15, 0.2) is 0 Å². The fourth-order valence-corrected chi connectivity index (χ4v) is 2.03. The summed E-state index contributed by atoms with van der Waals surface area (Å²) in [7, 11) is 0. The van der Waals surface area contributed by atoms with Crippen molar-refractivity contribution in [2.75, 3.05) is 0 Å². The van der Waals surface area contributed by atoms with E-state index in [0.29, 0.717) is 5.92 Å². The molecule has 0 heterocycles. The molecular formula is C14H28O2. The first kappa shape index (κ1) is 15.5. The lowest BCUT2D eigenvalue weighted by Crippen LogP contribution is -2.41. The summed E-state index contributed by atoms with van der Waals surface area (Å²) in [6.45, 7) is 12.5. The highest BCUT2D eigenvalue weighted by atomic mass is 16.6. The second kappa shape index (κ2) is 6.93. The van der Waals surface area contributed by atoms with E-state index in [1.807, 2.05) is 13.8 Å². The van der Waals surface area contributed by atoms with Crippen LogP contribution in [-0.4, -0.2) is 11.6 Å². The highest BCUT2D eigenvalue weighted by molar-refractivity contribution is 5.72. The first-order chi connectivity index (χ1) is 7.47. The Hall–Kier alpha value is -0.530. The molecule has 0 aliphatic rings. The minimum atomic E-state index is -0.255. The van der Waals surface area contributed by atoms with E-state index in [1.165, 1.54) is 0 Å². The summed E-state index contributed by atoms with van der Waals surface area (Å²) in [4.78, 5) is 11.9. The van der Waals surface area contributed by atoms with Gasteiger partial charge in [0.1, 0.15) is 5.60 Å². The standard InChI is InChI=1S/C14H28O2/c1-7-11(5)13(15)16-14(9-3,10-4)12(6)8-2/h11-12H,7-10H2,1-6H3. The van der Waals surface area contributed by atoms with Gasteiger partial charge in [-0.1, -0.05) is 41.5 Å². The Morgan fingerprint density at radius 3 is 1.88 bits per heavy atom. The highest BCUT2D eigenvalue weighted by Crippen LogP contribution is 2.32. The Bertz CT molecular complexity index is 207. The number of esters is 1. The van der Waals surface area contributed by atoms with E-state index in [0.717, 1.165) is 25.7 Å². The van der Waals surface area contributed by atoms with Crippen LogP contribution in [0.3, 0.4) is 0 Å². The molecule has 0 saturated carbocycles. The maximum Gasteiger partial charge on any atom is 0.309 e. The van der Waals surface area contributed by atoms with Gasteiger partial charge in [-0.15, -0.1) is 0 Å². The Kier molecular flexibility index (Phi) is 6.70. The van der Waals surface area contributed by atoms with Crippen molar-refractivity contribution in [2.45, 2.75) is 72.8 Å². The molecule has 96 valence electrons. The van der Waals surface area contributed by atoms with Gasteiger partial charge in [0.25, 0.3) is 0 Å². The second-order valence-electron chi connectivity index (χ2n) is 4.81. The summed E-state index contributed by atoms with van der Waals surface area (Å²) in [6, 6.07) is 0. The molecule has 0 aromatic carbocycles. The smallest absolute Gasteiger partial charge is 0.309 e. The third-order valence-corrected chi connectivity index (χ3v) is 4.03. The SMILES string of the molecule is CCC(C)C(=O)OC(CC)(CC)C(C)CC. The summed E-state index contributed by atoms with van der Waals surface area (Å²) in [5.74, 6) is 0.406. The van der Waals surface area contributed by atoms with Crippen LogP contribution in [-0.2, 0) is 9.53 Å². The molecule has 16 heavy (non-hydrogen) atoms. The third-order valence-electron chi connectivity index (χ3n) is 4.03. The van der Waals surface area contributed by atoms with E-state index in [-0.39, 0.29) is 17.5 Å². The predicted octanol–water partition coefficient (Wildman–Crippen LogP) is 4.18. The van der Waals surface area contributed by atoms with Crippen molar-refractivity contribution in [1.29, 1.82) is 0 Å². The number of carbonyl (C=O) groups is 1. The van der Waals surface area contributed by atoms with Crippen molar-refractivity contribution in [3.63, 3.8) is 0 Å². The molecule has 0 rings (SSSR count). The summed E-state index contributed by atoms with van der Waals surface area (Å²) in [5, 5.41) is 0. The van der Waals surface area contributed by atoms with Gasteiger partial charge >= 0.3 is 5.97 Å². The summed E-state index contributed by atoms with van der Waals surface area (Å²) in [6.07, 6.45) is 3.71. The van der Waals surface area contributed by atoms with Crippen molar-refractivity contribution in [3.8, 4) is 0 Å². The number of rotatable bonds is 7. The fraction of sp³-hybridized carbons (Fsp3) is 0.929. The van der Waals surface area contributed by atoms with Crippen LogP contribution in [0.25, 0.3) is 0 Å². The van der Waals surface area contributed by atoms with E-state index in [4.69, 9.17) is 4.74 Å². The molecule has 2 heteroatoms. The van der Waals surface area contributed by atoms with E-state index in [2.05, 4.69) is 27.7 Å². The summed E-state index contributed by atoms with van der Waals surface area (Å²) >= 11 is 0. The number of ether oxygens (including phenoxy) is 1. The number of hydrogen-bond donors (Lipinski definition) is 0. The lowest BCUT2D eigenvalue weighted by Gasteiger charge is -2.37. The number of hydrogen-bond acceptors (Lipinski definition) is 2. The Morgan fingerprint density at radius 2 is 1.56 bits per heavy atom. The number of carbonyl (C=O) groups excluding carboxylic acids is 1. The fourth-order valence-electron chi connectivity index (χ4n) is 2.03. The van der Waals surface area contributed by atoms with Gasteiger partial charge in [0, 0.05) is 0 Å². The molecule has 0 aromatic rings. The van der Waals surface area contributed by atoms with Crippen molar-refractivity contribution >= 4 is 5.97 Å². The average Bonchev–Trinajstić information content (AvgIpc) is 2.33. The van der Waals surface area contributed by atoms with Crippen LogP contribution in [0, 0.1) is 11.8 Å². The molecule has 0 aromatic heterocycles. The molecule has 0 amide bonds. The van der Waals surface area contributed by atoms with Gasteiger partial charge in [0.2, 0.25) is 0 Å². The van der Waals surface area contributed by atoms with Gasteiger partial charge in [-0.2, -0.15) is 0 Å². The molecular weight excluding hydrogens is 200 g/mol. The van der Waals surface area contributed by atoms with Crippen LogP contribution in [0.4, 0.5) is 0 Å². The Labute approximate surface area is 101 Å². The molecule has 2 unspecified atom stereocenters. The molecule has 2 atom stereocenters. The van der Waals surface area contributed by atoms with Gasteiger partial charge in [-0.05, 0) is 31.6 Å². The maximum atomic E-state index is 11.9. The van der Waals surface area contributed by atoms with Crippen LogP contribution in [0.5, 0.6) is 0 Å². The van der Waals surface area contributed by atoms with Gasteiger partial charge < -0.3 is 4.74 Å². The minimum absolute atomic E-state index is 0.0153. The lowest BCUT2D eigenvalue weighted by atomic mass is 9.82. The third kappa shape index (κ3) is 3.50. The zero-order chi connectivity index (χ0) is 12.8. The van der Waals surface area contributed by atoms with Crippen LogP contribution in [0.1, 0.15) is 67.2 Å². The van der Waals surface area contributed by atoms with E-state index < -0.39 is 0 Å². The van der Waals surface area contributed by atoms with Gasteiger partial charge in [-0.3, -0.25) is 4.79 Å². The molecule has 0 fully saturated rings. The van der Waals surface area contributed by atoms with E-state index in [1.54, 1.807) is 0 Å². The normalized spacial score (nSPS) is 15.6. The van der Waals surface area contributed by atoms with Gasteiger partial charge in [0.15, 0.2) is 0 Å². The molecule has 0 saturated heterocycles. The quantitative estimate of drug-likeness (QED) is 0.611. The van der Waals surface area contributed by atoms with Crippen LogP contribution >= 0.6 is 0 Å². The Morgan fingerprint density at radius 1 is 1.06 bits per heavy atom. The monoisotopic (exact) mass is 228 g/mol. The first-order valence-corrected chi connectivity index (χ1v) is 6.70. The Balaban J connectivity index is 4.73. The molecule has 0 aliphatic heterocycles. The zero-order valence-corrected chi connectivity index (χ0v) is 11.8. The molecule has 0 spiro atoms. The first-order valence-electron chi connectivity index (χ1n) is 6.70. The van der Waals surface area contributed by atoms with Crippen molar-refractivity contribution < 1.29 is 9.53 Å². The van der Waals surface area contributed by atoms with Crippen molar-refractivity contribution in [3.05, 3.63) is 0 Å². The molecule has 0 radical (unpaired) electrons. The molecule has 0 aliphatic carbocycles. The summed E-state index contributed by atoms with van der Waals surface area (Å²) in [5.41, 5.74) is -0.255. The maximum absolute atomic E-state index is 11.9. The van der Waals surface area contributed by atoms with E-state index in [9.17, 15) is 4.79 Å². The van der Waals surface area contributed by atoms with Crippen LogP contribution in [0.2, 0.25) is 0 Å². The zero-order valence-electron chi connectivity index (χ0n) is 11.8. The van der Waals surface area contributed by atoms with Crippen LogP contribution < -0.4 is 0 Å². The van der Waals surface area contributed by atoms with Gasteiger partial charge in [-0.25, -0.2) is 0 Å². The minimum Gasteiger partial charge on any atom is -0.459 e. The summed E-state index contributed by atoms with van der Waals surface area (Å²) < 4.78 is 5.80. The lowest BCUT2D eigenvalue weighted by molar-refractivity contribution is -0.171. The van der Waals surface area contributed by atoms with E-state index >= 15 is 0 Å².